The van der Waals surface area contributed by atoms with Crippen LogP contribution in [0.15, 0.2) is 47.6 Å². The molecule has 0 saturated heterocycles. The zero-order chi connectivity index (χ0) is 22.9. The molecule has 1 fully saturated rings. The lowest BCUT2D eigenvalue weighted by molar-refractivity contribution is -0.384. The number of aryl methyl sites for hydroxylation is 1. The number of amides is 1. The smallest absolute Gasteiger partial charge is 0.277 e. The van der Waals surface area contributed by atoms with E-state index in [2.05, 4.69) is 22.4 Å². The maximum absolute atomic E-state index is 12.1. The molecule has 8 heteroatoms. The van der Waals surface area contributed by atoms with Gasteiger partial charge in [0.15, 0.2) is 6.61 Å². The van der Waals surface area contributed by atoms with Crippen molar-refractivity contribution in [3.63, 3.8) is 0 Å². The molecule has 0 aliphatic heterocycles. The minimum atomic E-state index is -0.433. The van der Waals surface area contributed by atoms with Gasteiger partial charge in [-0.05, 0) is 43.0 Å². The predicted molar refractivity (Wildman–Crippen MR) is 125 cm³/mol. The molecule has 2 aromatic carbocycles. The highest BCUT2D eigenvalue weighted by Crippen LogP contribution is 2.30. The Bertz CT molecular complexity index is 953. The Morgan fingerprint density at radius 3 is 2.59 bits per heavy atom. The Morgan fingerprint density at radius 1 is 1.22 bits per heavy atom. The molecule has 0 heterocycles. The number of carbonyl (C=O) groups is 1. The van der Waals surface area contributed by atoms with Gasteiger partial charge in [-0.2, -0.15) is 5.10 Å². The number of nitro groups is 1. The van der Waals surface area contributed by atoms with E-state index in [0.717, 1.165) is 24.9 Å². The Kier molecular flexibility index (Phi) is 8.19. The molecule has 1 aliphatic carbocycles. The van der Waals surface area contributed by atoms with Gasteiger partial charge in [-0.15, -0.1) is 0 Å². The van der Waals surface area contributed by atoms with E-state index < -0.39 is 10.8 Å². The maximum Gasteiger partial charge on any atom is 0.277 e. The van der Waals surface area contributed by atoms with Gasteiger partial charge in [-0.1, -0.05) is 38.3 Å². The fourth-order valence-electron chi connectivity index (χ4n) is 3.92. The van der Waals surface area contributed by atoms with Crippen LogP contribution in [0, 0.1) is 10.1 Å². The highest BCUT2D eigenvalue weighted by Gasteiger charge is 2.21. The van der Waals surface area contributed by atoms with E-state index in [9.17, 15) is 14.9 Å². The third-order valence-corrected chi connectivity index (χ3v) is 5.82. The summed E-state index contributed by atoms with van der Waals surface area (Å²) in [4.78, 5) is 25.1. The van der Waals surface area contributed by atoms with Crippen LogP contribution in [0.2, 0.25) is 0 Å². The van der Waals surface area contributed by atoms with Gasteiger partial charge in [0, 0.05) is 36.5 Å². The summed E-state index contributed by atoms with van der Waals surface area (Å²) < 4.78 is 5.48. The van der Waals surface area contributed by atoms with Crippen molar-refractivity contribution in [2.45, 2.75) is 51.5 Å². The molecule has 0 atom stereocenters. The van der Waals surface area contributed by atoms with Crippen molar-refractivity contribution in [3.8, 4) is 5.75 Å². The molecule has 0 radical (unpaired) electrons. The van der Waals surface area contributed by atoms with Crippen LogP contribution >= 0.6 is 0 Å². The van der Waals surface area contributed by atoms with Crippen molar-refractivity contribution in [2.24, 2.45) is 5.10 Å². The molecular weight excluding hydrogens is 408 g/mol. The number of non-ortho nitro benzene ring substituents is 1. The molecular formula is C24H30N4O4. The molecule has 0 bridgehead atoms. The molecule has 8 nitrogen and oxygen atoms in total. The third kappa shape index (κ3) is 6.29. The first-order valence-corrected chi connectivity index (χ1v) is 11.0. The van der Waals surface area contributed by atoms with Crippen LogP contribution in [0.4, 0.5) is 11.4 Å². The molecule has 32 heavy (non-hydrogen) atoms. The van der Waals surface area contributed by atoms with E-state index in [1.807, 2.05) is 31.3 Å². The van der Waals surface area contributed by atoms with E-state index in [0.29, 0.717) is 17.4 Å². The summed E-state index contributed by atoms with van der Waals surface area (Å²) in [6, 6.07) is 12.7. The fraction of sp³-hybridized carbons (Fsp3) is 0.417. The highest BCUT2D eigenvalue weighted by molar-refractivity contribution is 5.90. The van der Waals surface area contributed by atoms with E-state index in [4.69, 9.17) is 4.74 Å². The number of nitrogens with one attached hydrogen (secondary N) is 1. The van der Waals surface area contributed by atoms with Gasteiger partial charge in [0.05, 0.1) is 11.1 Å². The average molecular weight is 439 g/mol. The fourth-order valence-corrected chi connectivity index (χ4v) is 3.92. The van der Waals surface area contributed by atoms with Crippen molar-refractivity contribution < 1.29 is 14.5 Å². The van der Waals surface area contributed by atoms with Crippen LogP contribution in [-0.4, -0.2) is 36.7 Å². The second-order valence-electron chi connectivity index (χ2n) is 7.98. The minimum absolute atomic E-state index is 0.0163. The quantitative estimate of drug-likeness (QED) is 0.354. The lowest BCUT2D eigenvalue weighted by atomic mass is 9.94. The van der Waals surface area contributed by atoms with Crippen molar-refractivity contribution >= 4 is 23.5 Å². The molecule has 0 unspecified atom stereocenters. The maximum atomic E-state index is 12.1. The number of rotatable bonds is 9. The second kappa shape index (κ2) is 11.3. The molecule has 1 amide bonds. The summed E-state index contributed by atoms with van der Waals surface area (Å²) in [5.41, 5.74) is 5.05. The van der Waals surface area contributed by atoms with Gasteiger partial charge in [0.2, 0.25) is 0 Å². The van der Waals surface area contributed by atoms with Gasteiger partial charge in [-0.3, -0.25) is 14.9 Å². The highest BCUT2D eigenvalue weighted by atomic mass is 16.6. The molecule has 3 rings (SSSR count). The van der Waals surface area contributed by atoms with Crippen LogP contribution in [0.25, 0.3) is 0 Å². The number of nitrogens with zero attached hydrogens (tertiary/aromatic N) is 3. The lowest BCUT2D eigenvalue weighted by Gasteiger charge is -2.33. The first-order chi connectivity index (χ1) is 15.5. The van der Waals surface area contributed by atoms with Gasteiger partial charge in [-0.25, -0.2) is 5.43 Å². The molecule has 1 N–H and O–H groups in total. The topological polar surface area (TPSA) is 97.1 Å². The van der Waals surface area contributed by atoms with E-state index in [-0.39, 0.29) is 12.3 Å². The number of ether oxygens (including phenoxy) is 1. The van der Waals surface area contributed by atoms with E-state index in [1.165, 1.54) is 43.2 Å². The SMILES string of the molecule is CCc1ccc(OCC(=O)N/N=C\c2cc([N+](=O)[O-])ccc2N(C)C2CCCCC2)cc1. The zero-order valence-electron chi connectivity index (χ0n) is 18.6. The predicted octanol–water partition coefficient (Wildman–Crippen LogP) is 4.46. The normalized spacial score (nSPS) is 14.3. The summed E-state index contributed by atoms with van der Waals surface area (Å²) in [6.07, 6.45) is 8.19. The Balaban J connectivity index is 1.64. The van der Waals surface area contributed by atoms with Crippen molar-refractivity contribution in [1.29, 1.82) is 0 Å². The number of nitro benzene ring substituents is 1. The summed E-state index contributed by atoms with van der Waals surface area (Å²) in [5, 5.41) is 15.3. The third-order valence-electron chi connectivity index (χ3n) is 5.82. The Labute approximate surface area is 188 Å². The van der Waals surface area contributed by atoms with Gasteiger partial charge >= 0.3 is 0 Å². The first kappa shape index (κ1) is 23.2. The number of hydrogen-bond acceptors (Lipinski definition) is 6. The summed E-state index contributed by atoms with van der Waals surface area (Å²) in [7, 11) is 2.00. The molecule has 1 saturated carbocycles. The standard InChI is InChI=1S/C24H30N4O4/c1-3-18-9-12-22(13-10-18)32-17-24(29)26-25-16-19-15-21(28(30)31)11-14-23(19)27(2)20-7-5-4-6-8-20/h9-16,20H,3-8,17H2,1-2H3,(H,26,29)/b25-16-. The molecule has 2 aromatic rings. The van der Waals surface area contributed by atoms with Crippen molar-refractivity contribution in [1.82, 2.24) is 5.43 Å². The molecule has 170 valence electrons. The number of anilines is 1. The van der Waals surface area contributed by atoms with Gasteiger partial charge in [0.25, 0.3) is 11.6 Å². The number of hydrazone groups is 1. The van der Waals surface area contributed by atoms with Crippen LogP contribution in [0.5, 0.6) is 5.75 Å². The van der Waals surface area contributed by atoms with E-state index >= 15 is 0 Å². The average Bonchev–Trinajstić information content (AvgIpc) is 2.83. The minimum Gasteiger partial charge on any atom is -0.484 e. The molecule has 0 spiro atoms. The first-order valence-electron chi connectivity index (χ1n) is 11.0. The van der Waals surface area contributed by atoms with Crippen LogP contribution < -0.4 is 15.1 Å². The van der Waals surface area contributed by atoms with Crippen LogP contribution in [-0.2, 0) is 11.2 Å². The number of hydrogen-bond donors (Lipinski definition) is 1. The largest absolute Gasteiger partial charge is 0.484 e. The van der Waals surface area contributed by atoms with Crippen LogP contribution in [0.1, 0.15) is 50.2 Å². The lowest BCUT2D eigenvalue weighted by Crippen LogP contribution is -2.34. The number of carbonyl (C=O) groups excluding carboxylic acids is 1. The Morgan fingerprint density at radius 2 is 1.94 bits per heavy atom. The van der Waals surface area contributed by atoms with Gasteiger partial charge in [0.1, 0.15) is 5.75 Å². The zero-order valence-corrected chi connectivity index (χ0v) is 18.6. The second-order valence-corrected chi connectivity index (χ2v) is 7.98. The summed E-state index contributed by atoms with van der Waals surface area (Å²) in [6.45, 7) is 1.90. The summed E-state index contributed by atoms with van der Waals surface area (Å²) >= 11 is 0. The number of benzene rings is 2. The molecule has 1 aliphatic rings. The van der Waals surface area contributed by atoms with Crippen LogP contribution in [0.3, 0.4) is 0 Å². The van der Waals surface area contributed by atoms with Crippen molar-refractivity contribution in [3.05, 3.63) is 63.7 Å². The van der Waals surface area contributed by atoms with Crippen molar-refractivity contribution in [2.75, 3.05) is 18.6 Å². The summed E-state index contributed by atoms with van der Waals surface area (Å²) in [5.74, 6) is 0.199. The monoisotopic (exact) mass is 438 g/mol. The van der Waals surface area contributed by atoms with E-state index in [1.54, 1.807) is 6.07 Å². The molecule has 0 aromatic heterocycles. The Hall–Kier alpha value is -3.42. The van der Waals surface area contributed by atoms with Gasteiger partial charge < -0.3 is 9.64 Å².